The first-order valence-electron chi connectivity index (χ1n) is 9.83. The molecule has 2 aromatic rings. The Bertz CT molecular complexity index is 962. The van der Waals surface area contributed by atoms with Crippen molar-refractivity contribution in [1.29, 1.82) is 0 Å². The van der Waals surface area contributed by atoms with Gasteiger partial charge in [-0.1, -0.05) is 25.1 Å². The average Bonchev–Trinajstić information content (AvgIpc) is 2.62. The van der Waals surface area contributed by atoms with Crippen molar-refractivity contribution < 1.29 is 19.1 Å². The Hall–Kier alpha value is -2.96. The van der Waals surface area contributed by atoms with Crippen LogP contribution in [0.2, 0.25) is 0 Å². The third-order valence-corrected chi connectivity index (χ3v) is 4.79. The van der Waals surface area contributed by atoms with Crippen molar-refractivity contribution >= 4 is 28.8 Å². The van der Waals surface area contributed by atoms with Crippen molar-refractivity contribution in [2.75, 3.05) is 6.61 Å². The van der Waals surface area contributed by atoms with Crippen molar-refractivity contribution in [2.24, 2.45) is 5.92 Å². The van der Waals surface area contributed by atoms with E-state index >= 15 is 0 Å². The second kappa shape index (κ2) is 8.19. The van der Waals surface area contributed by atoms with Gasteiger partial charge in [0.1, 0.15) is 0 Å². The third kappa shape index (κ3) is 5.10. The van der Waals surface area contributed by atoms with Gasteiger partial charge < -0.3 is 10.1 Å². The Labute approximate surface area is 170 Å². The van der Waals surface area contributed by atoms with Gasteiger partial charge in [0.05, 0.1) is 11.1 Å². The molecule has 1 aromatic carbocycles. The van der Waals surface area contributed by atoms with Crippen molar-refractivity contribution in [3.63, 3.8) is 0 Å². The maximum absolute atomic E-state index is 12.9. The average molecular weight is 397 g/mol. The summed E-state index contributed by atoms with van der Waals surface area (Å²) in [5, 5.41) is 5.51. The van der Waals surface area contributed by atoms with Gasteiger partial charge in [0.15, 0.2) is 6.61 Å². The highest BCUT2D eigenvalue weighted by Crippen LogP contribution is 2.31. The molecule has 0 saturated carbocycles. The zero-order valence-electron chi connectivity index (χ0n) is 17.3. The summed E-state index contributed by atoms with van der Waals surface area (Å²) in [6.07, 6.45) is 2.59. The van der Waals surface area contributed by atoms with Crippen LogP contribution in [0.15, 0.2) is 24.3 Å². The molecule has 1 aliphatic carbocycles. The van der Waals surface area contributed by atoms with Crippen molar-refractivity contribution in [2.45, 2.75) is 52.5 Å². The maximum Gasteiger partial charge on any atom is 0.339 e. The molecule has 154 valence electrons. The number of urea groups is 1. The smallest absolute Gasteiger partial charge is 0.339 e. The first kappa shape index (κ1) is 20.8. The molecule has 0 fully saturated rings. The number of fused-ring (bicyclic) bond motifs is 2. The minimum Gasteiger partial charge on any atom is -0.452 e. The van der Waals surface area contributed by atoms with Gasteiger partial charge in [0, 0.05) is 16.6 Å². The Kier molecular flexibility index (Phi) is 5.86. The lowest BCUT2D eigenvalue weighted by atomic mass is 9.84. The summed E-state index contributed by atoms with van der Waals surface area (Å²) in [7, 11) is 0. The molecule has 7 nitrogen and oxygen atoms in total. The summed E-state index contributed by atoms with van der Waals surface area (Å²) < 4.78 is 5.27. The van der Waals surface area contributed by atoms with Crippen LogP contribution in [0, 0.1) is 5.92 Å². The Balaban J connectivity index is 1.78. The summed E-state index contributed by atoms with van der Waals surface area (Å²) in [6, 6.07) is 6.81. The number of ether oxygens (including phenoxy) is 1. The zero-order chi connectivity index (χ0) is 21.2. The van der Waals surface area contributed by atoms with E-state index in [1.165, 1.54) is 0 Å². The van der Waals surface area contributed by atoms with Crippen LogP contribution >= 0.6 is 0 Å². The summed E-state index contributed by atoms with van der Waals surface area (Å²) in [4.78, 5) is 41.5. The van der Waals surface area contributed by atoms with Gasteiger partial charge in [0.25, 0.3) is 5.91 Å². The number of amides is 3. The minimum atomic E-state index is -0.680. The number of imide groups is 1. The van der Waals surface area contributed by atoms with Gasteiger partial charge >= 0.3 is 12.0 Å². The van der Waals surface area contributed by atoms with Crippen LogP contribution in [0.25, 0.3) is 10.9 Å². The molecule has 0 spiro atoms. The number of aryl methyl sites for hydroxylation is 1. The van der Waals surface area contributed by atoms with Crippen LogP contribution in [-0.4, -0.2) is 35.0 Å². The van der Waals surface area contributed by atoms with Crippen LogP contribution in [0.3, 0.4) is 0 Å². The molecule has 2 N–H and O–H groups in total. The van der Waals surface area contributed by atoms with Crippen molar-refractivity contribution in [1.82, 2.24) is 15.6 Å². The largest absolute Gasteiger partial charge is 0.452 e. The van der Waals surface area contributed by atoms with Gasteiger partial charge in [0.2, 0.25) is 0 Å². The Morgan fingerprint density at radius 1 is 1.21 bits per heavy atom. The van der Waals surface area contributed by atoms with E-state index in [1.807, 2.05) is 24.3 Å². The summed E-state index contributed by atoms with van der Waals surface area (Å²) in [5.41, 5.74) is 2.55. The SMILES string of the molecule is C[C@H]1CCc2nc3ccccc3c(C(=O)OCC(=O)NC(=O)NC(C)(C)C)c2C1. The highest BCUT2D eigenvalue weighted by molar-refractivity contribution is 6.06. The summed E-state index contributed by atoms with van der Waals surface area (Å²) >= 11 is 0. The molecule has 0 saturated heterocycles. The molecule has 0 bridgehead atoms. The van der Waals surface area contributed by atoms with E-state index in [0.29, 0.717) is 11.5 Å². The van der Waals surface area contributed by atoms with Gasteiger partial charge in [-0.3, -0.25) is 15.1 Å². The number of hydrogen-bond donors (Lipinski definition) is 2. The lowest BCUT2D eigenvalue weighted by Gasteiger charge is -2.24. The molecule has 7 heteroatoms. The van der Waals surface area contributed by atoms with E-state index in [4.69, 9.17) is 9.72 Å². The molecule has 29 heavy (non-hydrogen) atoms. The third-order valence-electron chi connectivity index (χ3n) is 4.79. The number of carbonyl (C=O) groups excluding carboxylic acids is 3. The normalized spacial score (nSPS) is 16.1. The second-order valence-corrected chi connectivity index (χ2v) is 8.61. The molecule has 3 amide bonds. The molecule has 3 rings (SSSR count). The van der Waals surface area contributed by atoms with Gasteiger partial charge in [-0.05, 0) is 57.6 Å². The second-order valence-electron chi connectivity index (χ2n) is 8.61. The first-order chi connectivity index (χ1) is 13.6. The van der Waals surface area contributed by atoms with E-state index in [1.54, 1.807) is 20.8 Å². The topological polar surface area (TPSA) is 97.4 Å². The monoisotopic (exact) mass is 397 g/mol. The van der Waals surface area contributed by atoms with E-state index in [9.17, 15) is 14.4 Å². The maximum atomic E-state index is 12.9. The predicted octanol–water partition coefficient (Wildman–Crippen LogP) is 3.14. The molecular formula is C22H27N3O4. The fraction of sp³-hybridized carbons (Fsp3) is 0.455. The van der Waals surface area contributed by atoms with Crippen LogP contribution in [0.5, 0.6) is 0 Å². The lowest BCUT2D eigenvalue weighted by Crippen LogP contribution is -2.49. The zero-order valence-corrected chi connectivity index (χ0v) is 17.3. The number of esters is 1. The van der Waals surface area contributed by atoms with Gasteiger partial charge in [-0.25, -0.2) is 9.59 Å². The standard InChI is InChI=1S/C22H27N3O4/c1-13-9-10-17-15(11-13)19(14-7-5-6-8-16(14)23-17)20(27)29-12-18(26)24-21(28)25-22(2,3)4/h5-8,13H,9-12H2,1-4H3,(H2,24,25,26,28)/t13-/m0/s1. The molecule has 0 aliphatic heterocycles. The van der Waals surface area contributed by atoms with E-state index in [-0.39, 0.29) is 0 Å². The van der Waals surface area contributed by atoms with Crippen molar-refractivity contribution in [3.05, 3.63) is 41.1 Å². The number of aromatic nitrogens is 1. The number of nitrogens with one attached hydrogen (secondary N) is 2. The summed E-state index contributed by atoms with van der Waals surface area (Å²) in [5.74, 6) is -0.803. The molecule has 1 aromatic heterocycles. The number of para-hydroxylation sites is 1. The van der Waals surface area contributed by atoms with Gasteiger partial charge in [-0.15, -0.1) is 0 Å². The van der Waals surface area contributed by atoms with Crippen LogP contribution < -0.4 is 10.6 Å². The molecule has 1 heterocycles. The highest BCUT2D eigenvalue weighted by atomic mass is 16.5. The minimum absolute atomic E-state index is 0.446. The van der Waals surface area contributed by atoms with Crippen LogP contribution in [0.4, 0.5) is 4.79 Å². The lowest BCUT2D eigenvalue weighted by molar-refractivity contribution is -0.123. The number of benzene rings is 1. The Morgan fingerprint density at radius 3 is 2.66 bits per heavy atom. The predicted molar refractivity (Wildman–Crippen MR) is 110 cm³/mol. The fourth-order valence-electron chi connectivity index (χ4n) is 3.53. The number of pyridine rings is 1. The number of hydrogen-bond acceptors (Lipinski definition) is 5. The van der Waals surface area contributed by atoms with Crippen molar-refractivity contribution in [3.8, 4) is 0 Å². The molecule has 1 atom stereocenters. The highest BCUT2D eigenvalue weighted by Gasteiger charge is 2.26. The van der Waals surface area contributed by atoms with Crippen LogP contribution in [0.1, 0.15) is 55.7 Å². The quantitative estimate of drug-likeness (QED) is 0.776. The van der Waals surface area contributed by atoms with E-state index in [2.05, 4.69) is 17.6 Å². The van der Waals surface area contributed by atoms with Gasteiger partial charge in [-0.2, -0.15) is 0 Å². The van der Waals surface area contributed by atoms with Crippen LogP contribution in [-0.2, 0) is 22.4 Å². The first-order valence-corrected chi connectivity index (χ1v) is 9.83. The molecule has 0 unspecified atom stereocenters. The summed E-state index contributed by atoms with van der Waals surface area (Å²) in [6.45, 7) is 7.02. The Morgan fingerprint density at radius 2 is 1.93 bits per heavy atom. The number of carbonyl (C=O) groups is 3. The van der Waals surface area contributed by atoms with E-state index in [0.717, 1.165) is 41.4 Å². The molecule has 1 aliphatic rings. The van der Waals surface area contributed by atoms with E-state index < -0.39 is 30.1 Å². The fourth-order valence-corrected chi connectivity index (χ4v) is 3.53. The molecule has 0 radical (unpaired) electrons. The number of nitrogens with zero attached hydrogens (tertiary/aromatic N) is 1. The molecular weight excluding hydrogens is 370 g/mol. The number of rotatable bonds is 3.